The van der Waals surface area contributed by atoms with Crippen molar-refractivity contribution in [2.24, 2.45) is 0 Å². The van der Waals surface area contributed by atoms with Crippen molar-refractivity contribution in [2.45, 2.75) is 0 Å². The minimum atomic E-state index is -3.57. The van der Waals surface area contributed by atoms with Crippen molar-refractivity contribution in [3.63, 3.8) is 0 Å². The molecular weight excluding hydrogens is 252 g/mol. The number of sulfonamides is 1. The highest BCUT2D eigenvalue weighted by Crippen LogP contribution is 2.13. The molecule has 0 aromatic heterocycles. The number of carbonyl (C=O) groups is 1. The predicted molar refractivity (Wildman–Crippen MR) is 71.8 cm³/mol. The van der Waals surface area contributed by atoms with Gasteiger partial charge < -0.3 is 4.90 Å². The standard InChI is InChI=1S/C12H16N2O3S/c1-3-9-14(11-7-5-4-6-8-11)12(15)10-18(16,17)13-2/h3-8,13H,1,9-10H2,2H3. The van der Waals surface area contributed by atoms with E-state index in [1.807, 2.05) is 6.07 Å². The second-order valence-electron chi connectivity index (χ2n) is 3.59. The highest BCUT2D eigenvalue weighted by atomic mass is 32.2. The van der Waals surface area contributed by atoms with Crippen LogP contribution >= 0.6 is 0 Å². The monoisotopic (exact) mass is 268 g/mol. The summed E-state index contributed by atoms with van der Waals surface area (Å²) in [6, 6.07) is 8.88. The van der Waals surface area contributed by atoms with Crippen LogP contribution in [0.5, 0.6) is 0 Å². The van der Waals surface area contributed by atoms with Gasteiger partial charge in [-0.3, -0.25) is 4.79 Å². The van der Waals surface area contributed by atoms with E-state index in [0.717, 1.165) is 0 Å². The number of anilines is 1. The molecule has 1 amide bonds. The molecule has 0 aliphatic heterocycles. The first-order valence-electron chi connectivity index (χ1n) is 5.37. The lowest BCUT2D eigenvalue weighted by Gasteiger charge is -2.21. The zero-order chi connectivity index (χ0) is 13.6. The molecule has 0 unspecified atom stereocenters. The van der Waals surface area contributed by atoms with E-state index in [1.54, 1.807) is 30.3 Å². The summed E-state index contributed by atoms with van der Waals surface area (Å²) >= 11 is 0. The molecule has 5 nitrogen and oxygen atoms in total. The van der Waals surface area contributed by atoms with E-state index in [4.69, 9.17) is 0 Å². The summed E-state index contributed by atoms with van der Waals surface area (Å²) in [5.74, 6) is -1.07. The van der Waals surface area contributed by atoms with Crippen LogP contribution in [0.15, 0.2) is 43.0 Å². The molecule has 6 heteroatoms. The number of rotatable bonds is 6. The number of nitrogens with one attached hydrogen (secondary N) is 1. The molecule has 0 heterocycles. The lowest BCUT2D eigenvalue weighted by Crippen LogP contribution is -2.38. The van der Waals surface area contributed by atoms with E-state index in [2.05, 4.69) is 11.3 Å². The molecule has 0 saturated carbocycles. The minimum absolute atomic E-state index is 0.266. The summed E-state index contributed by atoms with van der Waals surface area (Å²) in [6.07, 6.45) is 1.55. The van der Waals surface area contributed by atoms with Crippen LogP contribution < -0.4 is 9.62 Å². The van der Waals surface area contributed by atoms with Gasteiger partial charge in [-0.05, 0) is 19.2 Å². The van der Waals surface area contributed by atoms with E-state index >= 15 is 0 Å². The first-order valence-corrected chi connectivity index (χ1v) is 7.03. The van der Waals surface area contributed by atoms with Gasteiger partial charge in [0.2, 0.25) is 15.9 Å². The third kappa shape index (κ3) is 3.97. The van der Waals surface area contributed by atoms with E-state index in [1.165, 1.54) is 11.9 Å². The molecule has 1 aromatic rings. The van der Waals surface area contributed by atoms with Crippen LogP contribution in [-0.4, -0.2) is 33.7 Å². The van der Waals surface area contributed by atoms with Gasteiger partial charge in [0.05, 0.1) is 0 Å². The second kappa shape index (κ2) is 6.32. The van der Waals surface area contributed by atoms with Crippen LogP contribution in [0.4, 0.5) is 5.69 Å². The lowest BCUT2D eigenvalue weighted by atomic mass is 10.3. The number of para-hydroxylation sites is 1. The number of benzene rings is 1. The Balaban J connectivity index is 2.93. The van der Waals surface area contributed by atoms with Crippen molar-refractivity contribution in [1.29, 1.82) is 0 Å². The highest BCUT2D eigenvalue weighted by Gasteiger charge is 2.20. The zero-order valence-corrected chi connectivity index (χ0v) is 11.0. The third-order valence-corrected chi connectivity index (χ3v) is 3.55. The van der Waals surface area contributed by atoms with E-state index < -0.39 is 21.7 Å². The molecule has 0 fully saturated rings. The van der Waals surface area contributed by atoms with E-state index in [9.17, 15) is 13.2 Å². The van der Waals surface area contributed by atoms with Crippen LogP contribution in [-0.2, 0) is 14.8 Å². The summed E-state index contributed by atoms with van der Waals surface area (Å²) in [6.45, 7) is 3.83. The highest BCUT2D eigenvalue weighted by molar-refractivity contribution is 7.90. The Morgan fingerprint density at radius 3 is 2.50 bits per heavy atom. The molecule has 1 N–H and O–H groups in total. The quantitative estimate of drug-likeness (QED) is 0.774. The molecule has 0 aliphatic carbocycles. The van der Waals surface area contributed by atoms with Crippen LogP contribution in [0.25, 0.3) is 0 Å². The molecular formula is C12H16N2O3S. The Morgan fingerprint density at radius 1 is 1.39 bits per heavy atom. The van der Waals surface area contributed by atoms with Crippen LogP contribution in [0.1, 0.15) is 0 Å². The molecule has 0 radical (unpaired) electrons. The fraction of sp³-hybridized carbons (Fsp3) is 0.250. The van der Waals surface area contributed by atoms with Crippen molar-refractivity contribution in [3.05, 3.63) is 43.0 Å². The first-order chi connectivity index (χ1) is 8.50. The first kappa shape index (κ1) is 14.4. The van der Waals surface area contributed by atoms with Crippen LogP contribution in [0, 0.1) is 0 Å². The molecule has 98 valence electrons. The molecule has 1 rings (SSSR count). The van der Waals surface area contributed by atoms with E-state index in [-0.39, 0.29) is 6.54 Å². The zero-order valence-electron chi connectivity index (χ0n) is 10.2. The maximum Gasteiger partial charge on any atom is 0.243 e. The number of nitrogens with zero attached hydrogens (tertiary/aromatic N) is 1. The SMILES string of the molecule is C=CCN(C(=O)CS(=O)(=O)NC)c1ccccc1. The van der Waals surface area contributed by atoms with E-state index in [0.29, 0.717) is 5.69 Å². The molecule has 0 saturated heterocycles. The molecule has 0 atom stereocenters. The summed E-state index contributed by atoms with van der Waals surface area (Å²) in [5, 5.41) is 0. The van der Waals surface area contributed by atoms with Gasteiger partial charge in [-0.25, -0.2) is 13.1 Å². The number of amides is 1. The summed E-state index contributed by atoms with van der Waals surface area (Å²) in [5.41, 5.74) is 0.647. The van der Waals surface area contributed by atoms with Crippen LogP contribution in [0.2, 0.25) is 0 Å². The average molecular weight is 268 g/mol. The van der Waals surface area contributed by atoms with Crippen molar-refractivity contribution in [3.8, 4) is 0 Å². The van der Waals surface area contributed by atoms with Gasteiger partial charge in [0.15, 0.2) is 0 Å². The van der Waals surface area contributed by atoms with Gasteiger partial charge >= 0.3 is 0 Å². The van der Waals surface area contributed by atoms with Gasteiger partial charge in [0.25, 0.3) is 0 Å². The van der Waals surface area contributed by atoms with Gasteiger partial charge in [0, 0.05) is 12.2 Å². The van der Waals surface area contributed by atoms with Crippen molar-refractivity contribution in [1.82, 2.24) is 4.72 Å². The number of hydrogen-bond donors (Lipinski definition) is 1. The van der Waals surface area contributed by atoms with Gasteiger partial charge in [-0.2, -0.15) is 0 Å². The molecule has 0 bridgehead atoms. The maximum atomic E-state index is 12.0. The summed E-state index contributed by atoms with van der Waals surface area (Å²) in [4.78, 5) is 13.3. The maximum absolute atomic E-state index is 12.0. The fourth-order valence-corrected chi connectivity index (χ4v) is 2.03. The second-order valence-corrected chi connectivity index (χ2v) is 5.52. The Morgan fingerprint density at radius 2 is 2.00 bits per heavy atom. The Labute approximate surface area is 107 Å². The Hall–Kier alpha value is -1.66. The van der Waals surface area contributed by atoms with Gasteiger partial charge in [-0.1, -0.05) is 24.3 Å². The third-order valence-electron chi connectivity index (χ3n) is 2.31. The fourth-order valence-electron chi connectivity index (χ4n) is 1.40. The Kier molecular flexibility index (Phi) is 5.06. The molecule has 0 aliphatic rings. The van der Waals surface area contributed by atoms with Gasteiger partial charge in [-0.15, -0.1) is 6.58 Å². The summed E-state index contributed by atoms with van der Waals surface area (Å²) < 4.78 is 24.9. The smallest absolute Gasteiger partial charge is 0.243 e. The average Bonchev–Trinajstić information content (AvgIpc) is 2.36. The van der Waals surface area contributed by atoms with Gasteiger partial charge in [0.1, 0.15) is 5.75 Å². The largest absolute Gasteiger partial charge is 0.308 e. The number of carbonyl (C=O) groups excluding carboxylic acids is 1. The Bertz CT molecular complexity index is 511. The normalized spacial score (nSPS) is 10.9. The number of hydrogen-bond acceptors (Lipinski definition) is 3. The lowest BCUT2D eigenvalue weighted by molar-refractivity contribution is -0.116. The van der Waals surface area contributed by atoms with Crippen molar-refractivity contribution in [2.75, 3.05) is 24.2 Å². The minimum Gasteiger partial charge on any atom is -0.308 e. The molecule has 18 heavy (non-hydrogen) atoms. The van der Waals surface area contributed by atoms with Crippen LogP contribution in [0.3, 0.4) is 0 Å². The topological polar surface area (TPSA) is 66.5 Å². The molecule has 0 spiro atoms. The van der Waals surface area contributed by atoms with Crippen molar-refractivity contribution < 1.29 is 13.2 Å². The molecule has 1 aromatic carbocycles. The van der Waals surface area contributed by atoms with Crippen molar-refractivity contribution >= 4 is 21.6 Å². The predicted octanol–water partition coefficient (Wildman–Crippen LogP) is 0.755. The summed E-state index contributed by atoms with van der Waals surface area (Å²) in [7, 11) is -2.28.